The Labute approximate surface area is 104 Å². The summed E-state index contributed by atoms with van der Waals surface area (Å²) in [6, 6.07) is 0. The van der Waals surface area contributed by atoms with E-state index in [2.05, 4.69) is 28.7 Å². The molecule has 0 radical (unpaired) electrons. The van der Waals surface area contributed by atoms with Gasteiger partial charge in [0, 0.05) is 12.7 Å². The molecule has 3 heteroatoms. The number of rotatable bonds is 5. The molecule has 0 amide bonds. The molecule has 0 spiro atoms. The minimum Gasteiger partial charge on any atom is -0.332 e. The third-order valence-electron chi connectivity index (χ3n) is 4.80. The molecule has 0 aliphatic heterocycles. The fourth-order valence-electron chi connectivity index (χ4n) is 2.99. The summed E-state index contributed by atoms with van der Waals surface area (Å²) in [5, 5.41) is 3.37. The smallest absolute Gasteiger partial charge is 0.0948 e. The zero-order valence-electron chi connectivity index (χ0n) is 11.2. The highest BCUT2D eigenvalue weighted by atomic mass is 15.1. The highest BCUT2D eigenvalue weighted by molar-refractivity contribution is 5.13. The molecule has 0 atom stereocenters. The van der Waals surface area contributed by atoms with E-state index in [9.17, 15) is 0 Å². The van der Waals surface area contributed by atoms with Crippen LogP contribution in [0.1, 0.15) is 45.2 Å². The summed E-state index contributed by atoms with van der Waals surface area (Å²) in [4.78, 5) is 4.35. The maximum Gasteiger partial charge on any atom is 0.0948 e. The van der Waals surface area contributed by atoms with Gasteiger partial charge in [-0.15, -0.1) is 0 Å². The Balaban J connectivity index is 1.82. The lowest BCUT2D eigenvalue weighted by Gasteiger charge is -2.27. The van der Waals surface area contributed by atoms with E-state index in [1.807, 2.05) is 19.6 Å². The lowest BCUT2D eigenvalue weighted by Crippen LogP contribution is -2.36. The number of imidazole rings is 1. The monoisotopic (exact) mass is 233 g/mol. The average molecular weight is 233 g/mol. The van der Waals surface area contributed by atoms with Crippen molar-refractivity contribution in [2.24, 2.45) is 11.3 Å². The molecule has 0 aromatic carbocycles. The van der Waals surface area contributed by atoms with Crippen molar-refractivity contribution in [3.8, 4) is 0 Å². The van der Waals surface area contributed by atoms with Gasteiger partial charge in [-0.1, -0.05) is 0 Å². The second kappa shape index (κ2) is 3.58. The van der Waals surface area contributed by atoms with Crippen molar-refractivity contribution < 1.29 is 0 Å². The summed E-state index contributed by atoms with van der Waals surface area (Å²) >= 11 is 0. The molecule has 3 nitrogen and oxygen atoms in total. The van der Waals surface area contributed by atoms with Gasteiger partial charge in [-0.05, 0) is 57.9 Å². The van der Waals surface area contributed by atoms with Crippen molar-refractivity contribution >= 4 is 0 Å². The molecule has 17 heavy (non-hydrogen) atoms. The number of hydrogen-bond acceptors (Lipinski definition) is 2. The first-order chi connectivity index (χ1) is 8.07. The van der Waals surface area contributed by atoms with E-state index in [-0.39, 0.29) is 5.54 Å². The van der Waals surface area contributed by atoms with Gasteiger partial charge in [0.25, 0.3) is 0 Å². The van der Waals surface area contributed by atoms with Gasteiger partial charge in [0.2, 0.25) is 0 Å². The molecule has 94 valence electrons. The van der Waals surface area contributed by atoms with Crippen molar-refractivity contribution in [1.82, 2.24) is 14.9 Å². The van der Waals surface area contributed by atoms with E-state index in [0.717, 1.165) is 5.92 Å². The molecule has 1 aromatic heterocycles. The van der Waals surface area contributed by atoms with Gasteiger partial charge in [0.1, 0.15) is 0 Å². The summed E-state index contributed by atoms with van der Waals surface area (Å²) in [6.45, 7) is 5.62. The van der Waals surface area contributed by atoms with Crippen molar-refractivity contribution in [3.63, 3.8) is 0 Å². The Kier molecular flexibility index (Phi) is 2.37. The predicted molar refractivity (Wildman–Crippen MR) is 68.7 cm³/mol. The zero-order chi connectivity index (χ0) is 12.1. The first-order valence-corrected chi connectivity index (χ1v) is 6.77. The molecule has 3 rings (SSSR count). The molecule has 1 heterocycles. The minimum atomic E-state index is 0.0101. The van der Waals surface area contributed by atoms with E-state index in [1.165, 1.54) is 37.9 Å². The molecule has 0 unspecified atom stereocenters. The number of nitrogens with one attached hydrogen (secondary N) is 1. The lowest BCUT2D eigenvalue weighted by molar-refractivity contribution is 0.337. The second-order valence-corrected chi connectivity index (χ2v) is 6.42. The Morgan fingerprint density at radius 2 is 2.18 bits per heavy atom. The Morgan fingerprint density at radius 1 is 1.47 bits per heavy atom. The van der Waals surface area contributed by atoms with Crippen LogP contribution in [0.4, 0.5) is 0 Å². The first-order valence-electron chi connectivity index (χ1n) is 6.77. The predicted octanol–water partition coefficient (Wildman–Crippen LogP) is 2.53. The van der Waals surface area contributed by atoms with E-state index in [1.54, 1.807) is 0 Å². The minimum absolute atomic E-state index is 0.0101. The summed E-state index contributed by atoms with van der Waals surface area (Å²) < 4.78 is 2.38. The van der Waals surface area contributed by atoms with Gasteiger partial charge in [-0.2, -0.15) is 0 Å². The molecule has 1 N–H and O–H groups in total. The molecule has 2 fully saturated rings. The van der Waals surface area contributed by atoms with Crippen LogP contribution in [0.25, 0.3) is 0 Å². The van der Waals surface area contributed by atoms with E-state index < -0.39 is 0 Å². The molecular formula is C14H23N3. The van der Waals surface area contributed by atoms with Crippen LogP contribution in [-0.4, -0.2) is 16.6 Å². The summed E-state index contributed by atoms with van der Waals surface area (Å²) in [5.74, 6) is 1.01. The molecule has 1 aromatic rings. The Morgan fingerprint density at radius 3 is 2.71 bits per heavy atom. The van der Waals surface area contributed by atoms with Crippen LogP contribution in [0, 0.1) is 11.3 Å². The fourth-order valence-corrected chi connectivity index (χ4v) is 2.99. The van der Waals surface area contributed by atoms with Crippen LogP contribution in [0.15, 0.2) is 12.5 Å². The maximum absolute atomic E-state index is 4.35. The van der Waals surface area contributed by atoms with Crippen molar-refractivity contribution in [1.29, 1.82) is 0 Å². The van der Waals surface area contributed by atoms with Crippen LogP contribution < -0.4 is 5.32 Å². The number of hydrogen-bond donors (Lipinski definition) is 1. The molecule has 0 saturated heterocycles. The van der Waals surface area contributed by atoms with E-state index >= 15 is 0 Å². The summed E-state index contributed by atoms with van der Waals surface area (Å²) in [7, 11) is 2.02. The van der Waals surface area contributed by atoms with Gasteiger partial charge in [-0.3, -0.25) is 0 Å². The second-order valence-electron chi connectivity index (χ2n) is 6.42. The maximum atomic E-state index is 4.35. The summed E-state index contributed by atoms with van der Waals surface area (Å²) in [6.07, 6.45) is 9.79. The Hall–Kier alpha value is -0.830. The third-order valence-corrected chi connectivity index (χ3v) is 4.80. The summed E-state index contributed by atoms with van der Waals surface area (Å²) in [5.41, 5.74) is 1.96. The third kappa shape index (κ3) is 1.90. The van der Waals surface area contributed by atoms with Crippen molar-refractivity contribution in [2.45, 2.75) is 51.6 Å². The highest BCUT2D eigenvalue weighted by Crippen LogP contribution is 2.62. The number of aromatic nitrogens is 2. The topological polar surface area (TPSA) is 29.9 Å². The quantitative estimate of drug-likeness (QED) is 0.847. The van der Waals surface area contributed by atoms with E-state index in [4.69, 9.17) is 0 Å². The Bertz CT molecular complexity index is 411. The molecular weight excluding hydrogens is 210 g/mol. The SMILES string of the molecule is CNC(C)(C)c1cncn1CC1(C2CC2)CC1. The van der Waals surface area contributed by atoms with Gasteiger partial charge < -0.3 is 9.88 Å². The van der Waals surface area contributed by atoms with Gasteiger partial charge in [0.15, 0.2) is 0 Å². The lowest BCUT2D eigenvalue weighted by atomic mass is 9.98. The van der Waals surface area contributed by atoms with Crippen molar-refractivity contribution in [3.05, 3.63) is 18.2 Å². The van der Waals surface area contributed by atoms with Crippen LogP contribution in [0.3, 0.4) is 0 Å². The molecule has 2 saturated carbocycles. The zero-order valence-corrected chi connectivity index (χ0v) is 11.2. The van der Waals surface area contributed by atoms with Gasteiger partial charge in [0.05, 0.1) is 17.6 Å². The standard InChI is InChI=1S/C14H23N3/c1-13(2,15-3)12-8-16-10-17(12)9-14(6-7-14)11-4-5-11/h8,10-11,15H,4-7,9H2,1-3H3. The molecule has 2 aliphatic carbocycles. The average Bonchev–Trinajstić information content (AvgIpc) is 3.17. The normalized spacial score (nSPS) is 22.8. The molecule has 2 aliphatic rings. The van der Waals surface area contributed by atoms with Gasteiger partial charge >= 0.3 is 0 Å². The first kappa shape index (κ1) is 11.3. The van der Waals surface area contributed by atoms with Crippen LogP contribution in [-0.2, 0) is 12.1 Å². The number of nitrogens with zero attached hydrogens (tertiary/aromatic N) is 2. The van der Waals surface area contributed by atoms with Crippen molar-refractivity contribution in [2.75, 3.05) is 7.05 Å². The fraction of sp³-hybridized carbons (Fsp3) is 0.786. The van der Waals surface area contributed by atoms with Gasteiger partial charge in [-0.25, -0.2) is 4.98 Å². The van der Waals surface area contributed by atoms with E-state index in [0.29, 0.717) is 5.41 Å². The molecule has 0 bridgehead atoms. The van der Waals surface area contributed by atoms with Crippen LogP contribution in [0.5, 0.6) is 0 Å². The highest BCUT2D eigenvalue weighted by Gasteiger charge is 2.54. The van der Waals surface area contributed by atoms with Crippen LogP contribution >= 0.6 is 0 Å². The largest absolute Gasteiger partial charge is 0.332 e. The van der Waals surface area contributed by atoms with Crippen LogP contribution in [0.2, 0.25) is 0 Å².